The van der Waals surface area contributed by atoms with E-state index < -0.39 is 0 Å². The number of nitrogens with zero attached hydrogens (tertiary/aromatic N) is 1. The van der Waals surface area contributed by atoms with E-state index in [1.54, 1.807) is 0 Å². The van der Waals surface area contributed by atoms with E-state index in [0.29, 0.717) is 6.04 Å². The Morgan fingerprint density at radius 1 is 0.767 bits per heavy atom. The number of thiophene rings is 1. The van der Waals surface area contributed by atoms with Gasteiger partial charge in [-0.2, -0.15) is 0 Å². The van der Waals surface area contributed by atoms with Gasteiger partial charge < -0.3 is 0 Å². The van der Waals surface area contributed by atoms with E-state index in [1.807, 2.05) is 11.3 Å². The monoisotopic (exact) mass is 407 g/mol. The molecule has 0 spiro atoms. The first-order valence-corrected chi connectivity index (χ1v) is 11.7. The van der Waals surface area contributed by atoms with Crippen LogP contribution in [0, 0.1) is 0 Å². The van der Waals surface area contributed by atoms with Gasteiger partial charge in [0.15, 0.2) is 0 Å². The summed E-state index contributed by atoms with van der Waals surface area (Å²) in [4.78, 5) is 5.45. The van der Waals surface area contributed by atoms with E-state index in [0.717, 1.165) is 0 Å². The van der Waals surface area contributed by atoms with E-state index in [4.69, 9.17) is 0 Å². The van der Waals surface area contributed by atoms with Gasteiger partial charge in [0.25, 0.3) is 0 Å². The number of fused-ring (bicyclic) bond motifs is 3. The molecule has 2 aliphatic rings. The van der Waals surface area contributed by atoms with Crippen molar-refractivity contribution >= 4 is 11.3 Å². The molecule has 1 aliphatic carbocycles. The van der Waals surface area contributed by atoms with Crippen molar-refractivity contribution in [1.29, 1.82) is 0 Å². The van der Waals surface area contributed by atoms with Gasteiger partial charge in [0.05, 0.1) is 5.41 Å². The van der Waals surface area contributed by atoms with Gasteiger partial charge in [-0.1, -0.05) is 78.9 Å². The third kappa shape index (κ3) is 2.44. The van der Waals surface area contributed by atoms with Crippen LogP contribution in [0.25, 0.3) is 11.1 Å². The summed E-state index contributed by atoms with van der Waals surface area (Å²) in [5.41, 5.74) is 6.66. The molecule has 1 unspecified atom stereocenters. The molecule has 1 aromatic heterocycles. The molecule has 1 saturated heterocycles. The third-order valence-electron chi connectivity index (χ3n) is 7.00. The second-order valence-electron chi connectivity index (χ2n) is 8.55. The van der Waals surface area contributed by atoms with Crippen LogP contribution >= 0.6 is 11.3 Å². The van der Waals surface area contributed by atoms with Crippen LogP contribution in [0.5, 0.6) is 0 Å². The Balaban J connectivity index is 1.65. The summed E-state index contributed by atoms with van der Waals surface area (Å²) in [6, 6.07) is 34.4. The molecule has 1 aliphatic heterocycles. The van der Waals surface area contributed by atoms with E-state index in [2.05, 4.69) is 103 Å². The van der Waals surface area contributed by atoms with Crippen LogP contribution < -0.4 is 0 Å². The zero-order valence-corrected chi connectivity index (χ0v) is 18.0. The van der Waals surface area contributed by atoms with Crippen molar-refractivity contribution in [3.8, 4) is 11.1 Å². The maximum atomic E-state index is 2.52. The van der Waals surface area contributed by atoms with Gasteiger partial charge in [-0.3, -0.25) is 4.90 Å². The normalized spacial score (nSPS) is 19.6. The van der Waals surface area contributed by atoms with Gasteiger partial charge in [0, 0.05) is 15.8 Å². The van der Waals surface area contributed by atoms with Crippen molar-refractivity contribution in [2.24, 2.45) is 0 Å². The Bertz CT molecular complexity index is 1160. The predicted octanol–water partition coefficient (Wildman–Crippen LogP) is 6.88. The van der Waals surface area contributed by atoms with Crippen molar-refractivity contribution in [3.63, 3.8) is 0 Å². The summed E-state index contributed by atoms with van der Waals surface area (Å²) in [5.74, 6) is 0. The van der Waals surface area contributed by atoms with Crippen LogP contribution in [0.3, 0.4) is 0 Å². The lowest BCUT2D eigenvalue weighted by atomic mass is 9.71. The van der Waals surface area contributed by atoms with Gasteiger partial charge in [-0.05, 0) is 66.4 Å². The lowest BCUT2D eigenvalue weighted by molar-refractivity contribution is 0.321. The van der Waals surface area contributed by atoms with Crippen LogP contribution in [0.15, 0.2) is 91.0 Å². The Kier molecular flexibility index (Phi) is 4.19. The first-order chi connectivity index (χ1) is 14.8. The molecule has 0 amide bonds. The largest absolute Gasteiger partial charge is 0.299 e. The number of benzene rings is 3. The Labute approximate surface area is 182 Å². The van der Waals surface area contributed by atoms with Crippen molar-refractivity contribution in [1.82, 2.24) is 4.90 Å². The Hall–Kier alpha value is -2.68. The maximum absolute atomic E-state index is 2.52. The molecule has 1 fully saturated rings. The zero-order chi connectivity index (χ0) is 20.1. The molecule has 148 valence electrons. The fourth-order valence-electron chi connectivity index (χ4n) is 5.65. The molecule has 1 nitrogen and oxygen atoms in total. The summed E-state index contributed by atoms with van der Waals surface area (Å²) in [6.45, 7) is 1.20. The highest BCUT2D eigenvalue weighted by atomic mass is 32.1. The molecule has 3 aromatic carbocycles. The molecule has 2 heteroatoms. The molecule has 6 rings (SSSR count). The quantitative estimate of drug-likeness (QED) is 0.315. The number of hydrogen-bond donors (Lipinski definition) is 0. The van der Waals surface area contributed by atoms with Crippen LogP contribution in [0.4, 0.5) is 0 Å². The van der Waals surface area contributed by atoms with Gasteiger partial charge in [-0.15, -0.1) is 11.3 Å². The minimum atomic E-state index is -0.242. The first-order valence-electron chi connectivity index (χ1n) is 10.9. The molecule has 2 heterocycles. The van der Waals surface area contributed by atoms with E-state index >= 15 is 0 Å². The lowest BCUT2D eigenvalue weighted by Crippen LogP contribution is -2.27. The smallest absolute Gasteiger partial charge is 0.0806 e. The van der Waals surface area contributed by atoms with Gasteiger partial charge in [-0.25, -0.2) is 0 Å². The minimum absolute atomic E-state index is 0.242. The van der Waals surface area contributed by atoms with Gasteiger partial charge >= 0.3 is 0 Å². The van der Waals surface area contributed by atoms with E-state index in [-0.39, 0.29) is 5.41 Å². The molecule has 1 atom stereocenters. The summed E-state index contributed by atoms with van der Waals surface area (Å²) in [7, 11) is 2.27. The van der Waals surface area contributed by atoms with Crippen molar-refractivity contribution < 1.29 is 0 Å². The summed E-state index contributed by atoms with van der Waals surface area (Å²) < 4.78 is 0. The fraction of sp³-hybridized carbons (Fsp3) is 0.214. The van der Waals surface area contributed by atoms with E-state index in [9.17, 15) is 0 Å². The van der Waals surface area contributed by atoms with Crippen LogP contribution in [0.2, 0.25) is 0 Å². The summed E-state index contributed by atoms with van der Waals surface area (Å²) in [6.07, 6.45) is 2.56. The lowest BCUT2D eigenvalue weighted by Gasteiger charge is -2.32. The van der Waals surface area contributed by atoms with Gasteiger partial charge in [0.2, 0.25) is 0 Å². The molecule has 0 radical (unpaired) electrons. The highest BCUT2D eigenvalue weighted by molar-refractivity contribution is 7.12. The molecule has 0 bridgehead atoms. The standard InChI is InChI=1S/C28H25NS/c1-29-19-9-16-25(29)26-17-18-27(30-26)28(20-10-3-2-4-11-20)23-14-7-5-12-21(23)22-13-6-8-15-24(22)28/h2-8,10-15,17-18,25H,9,16,19H2,1H3. The SMILES string of the molecule is CN1CCCC1c1ccc(C2(c3ccccc3)c3ccccc3-c3ccccc32)s1. The predicted molar refractivity (Wildman–Crippen MR) is 126 cm³/mol. The zero-order valence-electron chi connectivity index (χ0n) is 17.2. The third-order valence-corrected chi connectivity index (χ3v) is 8.31. The molecule has 0 saturated carbocycles. The Morgan fingerprint density at radius 3 is 2.03 bits per heavy atom. The second-order valence-corrected chi connectivity index (χ2v) is 9.66. The molecular weight excluding hydrogens is 382 g/mol. The number of hydrogen-bond acceptors (Lipinski definition) is 2. The molecule has 4 aromatic rings. The maximum Gasteiger partial charge on any atom is 0.0806 e. The average molecular weight is 408 g/mol. The second kappa shape index (κ2) is 6.94. The summed E-state index contributed by atoms with van der Waals surface area (Å²) in [5, 5.41) is 0. The molecule has 30 heavy (non-hydrogen) atoms. The highest BCUT2D eigenvalue weighted by Crippen LogP contribution is 2.57. The van der Waals surface area contributed by atoms with Crippen LogP contribution in [-0.4, -0.2) is 18.5 Å². The van der Waals surface area contributed by atoms with Gasteiger partial charge in [0.1, 0.15) is 0 Å². The minimum Gasteiger partial charge on any atom is -0.299 e. The average Bonchev–Trinajstić information content (AvgIpc) is 3.51. The van der Waals surface area contributed by atoms with Crippen molar-refractivity contribution in [3.05, 3.63) is 117 Å². The van der Waals surface area contributed by atoms with Crippen LogP contribution in [-0.2, 0) is 5.41 Å². The number of rotatable bonds is 3. The topological polar surface area (TPSA) is 3.24 Å². The van der Waals surface area contributed by atoms with E-state index in [1.165, 1.54) is 57.0 Å². The van der Waals surface area contributed by atoms with Crippen molar-refractivity contribution in [2.75, 3.05) is 13.6 Å². The fourth-order valence-corrected chi connectivity index (χ4v) is 7.10. The molecular formula is C28H25NS. The molecule has 0 N–H and O–H groups in total. The van der Waals surface area contributed by atoms with Crippen LogP contribution in [0.1, 0.15) is 45.3 Å². The highest BCUT2D eigenvalue weighted by Gasteiger charge is 2.47. The first kappa shape index (κ1) is 18.1. The number of likely N-dealkylation sites (tertiary alicyclic amines) is 1. The summed E-state index contributed by atoms with van der Waals surface area (Å²) >= 11 is 2.01. The van der Waals surface area contributed by atoms with Crippen molar-refractivity contribution in [2.45, 2.75) is 24.3 Å². The Morgan fingerprint density at radius 2 is 1.40 bits per heavy atom.